The molecular formula is C20H33N5O2. The minimum absolute atomic E-state index is 0.0100. The zero-order chi connectivity index (χ0) is 20.0. The number of hydrogen-bond acceptors (Lipinski definition) is 5. The van der Waals surface area contributed by atoms with Crippen LogP contribution in [0.5, 0.6) is 0 Å². The Bertz CT molecular complexity index is 673. The lowest BCUT2D eigenvalue weighted by molar-refractivity contribution is -0.129. The summed E-state index contributed by atoms with van der Waals surface area (Å²) in [6, 6.07) is 0.324. The number of rotatable bonds is 7. The molecule has 1 aliphatic rings. The molecule has 1 aromatic heterocycles. The fourth-order valence-electron chi connectivity index (χ4n) is 3.19. The minimum atomic E-state index is -0.127. The molecule has 1 N–H and O–H groups in total. The highest BCUT2D eigenvalue weighted by Gasteiger charge is 2.33. The van der Waals surface area contributed by atoms with E-state index in [0.29, 0.717) is 12.2 Å². The highest BCUT2D eigenvalue weighted by Crippen LogP contribution is 2.30. The molecule has 2 heterocycles. The molecule has 0 spiro atoms. The summed E-state index contributed by atoms with van der Waals surface area (Å²) in [6.07, 6.45) is 4.76. The molecule has 0 aromatic carbocycles. The second kappa shape index (κ2) is 9.86. The van der Waals surface area contributed by atoms with E-state index in [0.717, 1.165) is 19.3 Å². The first-order valence-electron chi connectivity index (χ1n) is 9.77. The van der Waals surface area contributed by atoms with Crippen molar-refractivity contribution in [3.05, 3.63) is 11.9 Å². The lowest BCUT2D eigenvalue weighted by atomic mass is 10.00. The van der Waals surface area contributed by atoms with E-state index in [4.69, 9.17) is 4.74 Å². The van der Waals surface area contributed by atoms with Crippen LogP contribution in [0.25, 0.3) is 0 Å². The Kier molecular flexibility index (Phi) is 7.81. The van der Waals surface area contributed by atoms with Gasteiger partial charge in [-0.05, 0) is 60.0 Å². The van der Waals surface area contributed by atoms with Crippen LogP contribution in [-0.4, -0.2) is 64.7 Å². The Morgan fingerprint density at radius 3 is 2.78 bits per heavy atom. The van der Waals surface area contributed by atoms with E-state index in [1.54, 1.807) is 0 Å². The summed E-state index contributed by atoms with van der Waals surface area (Å²) < 4.78 is 8.01. The maximum atomic E-state index is 12.2. The Morgan fingerprint density at radius 2 is 2.11 bits per heavy atom. The topological polar surface area (TPSA) is 72.3 Å². The summed E-state index contributed by atoms with van der Waals surface area (Å²) in [5.41, 5.74) is 0.688. The average molecular weight is 376 g/mol. The Morgan fingerprint density at radius 1 is 1.37 bits per heavy atom. The van der Waals surface area contributed by atoms with Crippen LogP contribution < -0.4 is 5.32 Å². The molecule has 1 fully saturated rings. The van der Waals surface area contributed by atoms with Crippen molar-refractivity contribution in [3.63, 3.8) is 0 Å². The van der Waals surface area contributed by atoms with Gasteiger partial charge in [-0.25, -0.2) is 4.68 Å². The van der Waals surface area contributed by atoms with Crippen molar-refractivity contribution >= 4 is 5.91 Å². The highest BCUT2D eigenvalue weighted by molar-refractivity contribution is 5.79. The Balaban J connectivity index is 1.84. The quantitative estimate of drug-likeness (QED) is 0.737. The smallest absolute Gasteiger partial charge is 0.225 e. The Hall–Kier alpha value is -1.91. The molecule has 0 saturated carbocycles. The molecule has 27 heavy (non-hydrogen) atoms. The van der Waals surface area contributed by atoms with Gasteiger partial charge >= 0.3 is 0 Å². The minimum Gasteiger partial charge on any atom is -0.374 e. The lowest BCUT2D eigenvalue weighted by Crippen LogP contribution is -2.39. The second-order valence-corrected chi connectivity index (χ2v) is 8.03. The van der Waals surface area contributed by atoms with Gasteiger partial charge in [0, 0.05) is 6.04 Å². The van der Waals surface area contributed by atoms with E-state index in [2.05, 4.69) is 34.4 Å². The molecule has 0 aliphatic carbocycles. The van der Waals surface area contributed by atoms with Gasteiger partial charge in [0.2, 0.25) is 5.91 Å². The summed E-state index contributed by atoms with van der Waals surface area (Å²) in [4.78, 5) is 14.2. The van der Waals surface area contributed by atoms with Crippen molar-refractivity contribution in [1.82, 2.24) is 25.2 Å². The average Bonchev–Trinajstić information content (AvgIpc) is 3.22. The van der Waals surface area contributed by atoms with E-state index in [9.17, 15) is 4.79 Å². The summed E-state index contributed by atoms with van der Waals surface area (Å²) >= 11 is 0. The number of nitrogens with zero attached hydrogens (tertiary/aromatic N) is 4. The standard InChI is InChI=1S/C20H33N5O2/c1-14(2)21-20(26)16(4)19-10-9-18(27-19)12-15(3)25-13-17(22-23-25)8-7-11-24(5)6/h13-16,18-19H,9-12H2,1-6H3,(H,21,26)/t15-,16-,18+,19-/m1/s1. The van der Waals surface area contributed by atoms with E-state index in [1.807, 2.05) is 50.6 Å². The van der Waals surface area contributed by atoms with Crippen LogP contribution in [0.4, 0.5) is 0 Å². The molecule has 7 heteroatoms. The molecule has 2 rings (SSSR count). The Labute approximate surface area is 162 Å². The molecule has 150 valence electrons. The van der Waals surface area contributed by atoms with Gasteiger partial charge in [0.25, 0.3) is 0 Å². The van der Waals surface area contributed by atoms with Crippen LogP contribution in [0.15, 0.2) is 6.20 Å². The van der Waals surface area contributed by atoms with Gasteiger partial charge in [-0.3, -0.25) is 9.69 Å². The summed E-state index contributed by atoms with van der Waals surface area (Å²) in [5, 5.41) is 11.3. The fraction of sp³-hybridized carbons (Fsp3) is 0.750. The van der Waals surface area contributed by atoms with Gasteiger partial charge < -0.3 is 10.1 Å². The van der Waals surface area contributed by atoms with Gasteiger partial charge in [-0.2, -0.15) is 0 Å². The van der Waals surface area contributed by atoms with E-state index >= 15 is 0 Å². The largest absolute Gasteiger partial charge is 0.374 e. The van der Waals surface area contributed by atoms with E-state index in [-0.39, 0.29) is 36.1 Å². The van der Waals surface area contributed by atoms with Crippen molar-refractivity contribution in [3.8, 4) is 11.8 Å². The van der Waals surface area contributed by atoms with Crippen LogP contribution in [-0.2, 0) is 9.53 Å². The number of ether oxygens (including phenoxy) is 1. The molecule has 4 atom stereocenters. The van der Waals surface area contributed by atoms with Crippen molar-refractivity contribution in [2.24, 2.45) is 5.92 Å². The maximum Gasteiger partial charge on any atom is 0.225 e. The number of carbonyl (C=O) groups excluding carboxylic acids is 1. The third kappa shape index (κ3) is 6.64. The molecule has 1 aliphatic heterocycles. The number of carbonyl (C=O) groups is 1. The summed E-state index contributed by atoms with van der Waals surface area (Å²) in [5.74, 6) is 6.04. The zero-order valence-electron chi connectivity index (χ0n) is 17.4. The number of hydrogen-bond donors (Lipinski definition) is 1. The van der Waals surface area contributed by atoms with Crippen molar-refractivity contribution in [2.45, 2.75) is 71.2 Å². The summed E-state index contributed by atoms with van der Waals surface area (Å²) in [7, 11) is 3.96. The predicted octanol–water partition coefficient (Wildman–Crippen LogP) is 1.85. The van der Waals surface area contributed by atoms with Crippen LogP contribution in [0.2, 0.25) is 0 Å². The second-order valence-electron chi connectivity index (χ2n) is 8.03. The van der Waals surface area contributed by atoms with Crippen molar-refractivity contribution in [1.29, 1.82) is 0 Å². The van der Waals surface area contributed by atoms with Crippen molar-refractivity contribution < 1.29 is 9.53 Å². The van der Waals surface area contributed by atoms with Crippen molar-refractivity contribution in [2.75, 3.05) is 20.6 Å². The third-order valence-corrected chi connectivity index (χ3v) is 4.72. The predicted molar refractivity (Wildman–Crippen MR) is 105 cm³/mol. The normalized spacial score (nSPS) is 21.8. The first kappa shape index (κ1) is 21.4. The first-order chi connectivity index (χ1) is 12.8. The molecule has 0 bridgehead atoms. The number of nitrogens with one attached hydrogen (secondary N) is 1. The van der Waals surface area contributed by atoms with Crippen LogP contribution in [0.3, 0.4) is 0 Å². The van der Waals surface area contributed by atoms with Crippen LogP contribution in [0.1, 0.15) is 58.7 Å². The number of aromatic nitrogens is 3. The molecular weight excluding hydrogens is 342 g/mol. The van der Waals surface area contributed by atoms with E-state index in [1.165, 1.54) is 0 Å². The molecule has 1 amide bonds. The molecule has 7 nitrogen and oxygen atoms in total. The van der Waals surface area contributed by atoms with Crippen LogP contribution >= 0.6 is 0 Å². The zero-order valence-corrected chi connectivity index (χ0v) is 17.4. The molecule has 1 saturated heterocycles. The van der Waals surface area contributed by atoms with Gasteiger partial charge in [0.15, 0.2) is 5.69 Å². The first-order valence-corrected chi connectivity index (χ1v) is 9.77. The highest BCUT2D eigenvalue weighted by atomic mass is 16.5. The van der Waals surface area contributed by atoms with E-state index < -0.39 is 0 Å². The van der Waals surface area contributed by atoms with Crippen LogP contribution in [0, 0.1) is 17.8 Å². The van der Waals surface area contributed by atoms with Gasteiger partial charge in [-0.1, -0.05) is 18.1 Å². The molecule has 1 aromatic rings. The van der Waals surface area contributed by atoms with Gasteiger partial charge in [-0.15, -0.1) is 5.10 Å². The van der Waals surface area contributed by atoms with Gasteiger partial charge in [0.1, 0.15) is 0 Å². The summed E-state index contributed by atoms with van der Waals surface area (Å²) in [6.45, 7) is 8.70. The number of amides is 1. The fourth-order valence-corrected chi connectivity index (χ4v) is 3.19. The maximum absolute atomic E-state index is 12.2. The van der Waals surface area contributed by atoms with Gasteiger partial charge in [0.05, 0.1) is 36.9 Å². The molecule has 0 unspecified atom stereocenters. The monoisotopic (exact) mass is 375 g/mol. The third-order valence-electron chi connectivity index (χ3n) is 4.72. The SMILES string of the molecule is CC(C)NC(=O)[C@H](C)[C@H]1CC[C@@H](C[C@@H](C)n2cc(C#CCN(C)C)nn2)O1. The molecule has 0 radical (unpaired) electrons. The lowest BCUT2D eigenvalue weighted by Gasteiger charge is -2.22.